The molecule has 236 valence electrons. The lowest BCUT2D eigenvalue weighted by molar-refractivity contribution is 0.669. The number of fused-ring (bicyclic) bond motifs is 7. The second kappa shape index (κ2) is 10.8. The molecular formula is C47H27N3O. The van der Waals surface area contributed by atoms with Crippen LogP contribution in [0.5, 0.6) is 0 Å². The molecule has 11 rings (SSSR count). The van der Waals surface area contributed by atoms with Crippen molar-refractivity contribution in [1.29, 1.82) is 0 Å². The lowest BCUT2D eigenvalue weighted by Crippen LogP contribution is -2.01. The van der Waals surface area contributed by atoms with Gasteiger partial charge in [0.05, 0.1) is 0 Å². The first-order valence-corrected chi connectivity index (χ1v) is 17.2. The zero-order chi connectivity index (χ0) is 33.5. The Balaban J connectivity index is 1.16. The van der Waals surface area contributed by atoms with Crippen LogP contribution in [0.2, 0.25) is 0 Å². The first-order chi connectivity index (χ1) is 25.3. The fourth-order valence-electron chi connectivity index (χ4n) is 7.90. The van der Waals surface area contributed by atoms with Crippen LogP contribution >= 0.6 is 0 Å². The van der Waals surface area contributed by atoms with Crippen molar-refractivity contribution in [2.45, 2.75) is 0 Å². The van der Waals surface area contributed by atoms with Crippen molar-refractivity contribution in [1.82, 2.24) is 15.0 Å². The van der Waals surface area contributed by atoms with Crippen LogP contribution in [0.3, 0.4) is 0 Å². The normalized spacial score (nSPS) is 11.9. The standard InChI is InChI=1S/C47H27N3O/c1-2-10-28(11-3-1)31-22-23-39-42(27-31)51-41-19-9-18-40(44(39)41)47-49-45(32-21-20-29-12-4-5-13-30(29)26-32)48-46(50-47)38-25-24-37-34-15-7-6-14-33(34)35-16-8-17-36(38)43(35)37/h1-27H. The van der Waals surface area contributed by atoms with E-state index in [0.717, 1.165) is 60.5 Å². The molecule has 0 radical (unpaired) electrons. The van der Waals surface area contributed by atoms with Gasteiger partial charge in [0.1, 0.15) is 11.2 Å². The summed E-state index contributed by atoms with van der Waals surface area (Å²) in [5.41, 5.74) is 11.7. The van der Waals surface area contributed by atoms with Crippen LogP contribution in [0.15, 0.2) is 168 Å². The van der Waals surface area contributed by atoms with Crippen molar-refractivity contribution in [3.8, 4) is 67.5 Å². The minimum absolute atomic E-state index is 0.607. The van der Waals surface area contributed by atoms with Crippen LogP contribution in [0.4, 0.5) is 0 Å². The fourth-order valence-corrected chi connectivity index (χ4v) is 7.90. The number of benzene rings is 8. The van der Waals surface area contributed by atoms with E-state index in [1.54, 1.807) is 0 Å². The molecule has 1 aliphatic carbocycles. The molecule has 0 spiro atoms. The molecule has 2 heterocycles. The summed E-state index contributed by atoms with van der Waals surface area (Å²) in [6.07, 6.45) is 0. The highest BCUT2D eigenvalue weighted by Gasteiger charge is 2.24. The summed E-state index contributed by atoms with van der Waals surface area (Å²) in [7, 11) is 0. The van der Waals surface area contributed by atoms with Gasteiger partial charge in [-0.2, -0.15) is 0 Å². The molecule has 0 bridgehead atoms. The minimum atomic E-state index is 0.607. The highest BCUT2D eigenvalue weighted by atomic mass is 16.3. The summed E-state index contributed by atoms with van der Waals surface area (Å²) >= 11 is 0. The van der Waals surface area contributed by atoms with Crippen molar-refractivity contribution in [3.63, 3.8) is 0 Å². The Labute approximate surface area is 293 Å². The summed E-state index contributed by atoms with van der Waals surface area (Å²) in [5.74, 6) is 1.87. The maximum atomic E-state index is 6.51. The predicted molar refractivity (Wildman–Crippen MR) is 208 cm³/mol. The van der Waals surface area contributed by atoms with E-state index in [4.69, 9.17) is 19.4 Å². The Morgan fingerprint density at radius 2 is 0.961 bits per heavy atom. The van der Waals surface area contributed by atoms with Crippen LogP contribution in [-0.2, 0) is 0 Å². The van der Waals surface area contributed by atoms with Gasteiger partial charge in [-0.05, 0) is 85.3 Å². The second-order valence-electron chi connectivity index (χ2n) is 13.2. The molecule has 0 aliphatic heterocycles. The van der Waals surface area contributed by atoms with E-state index in [-0.39, 0.29) is 0 Å². The van der Waals surface area contributed by atoms with Crippen LogP contribution < -0.4 is 0 Å². The first kappa shape index (κ1) is 28.0. The largest absolute Gasteiger partial charge is 0.456 e. The number of hydrogen-bond donors (Lipinski definition) is 0. The summed E-state index contributed by atoms with van der Waals surface area (Å²) in [5, 5.41) is 6.69. The Hall–Kier alpha value is -6.91. The monoisotopic (exact) mass is 649 g/mol. The molecule has 0 atom stereocenters. The van der Waals surface area contributed by atoms with Crippen LogP contribution in [-0.4, -0.2) is 15.0 Å². The Morgan fingerprint density at radius 3 is 1.82 bits per heavy atom. The molecule has 4 nitrogen and oxygen atoms in total. The summed E-state index contributed by atoms with van der Waals surface area (Å²) in [6.45, 7) is 0. The topological polar surface area (TPSA) is 51.8 Å². The molecule has 51 heavy (non-hydrogen) atoms. The van der Waals surface area contributed by atoms with E-state index in [1.165, 1.54) is 33.0 Å². The number of nitrogens with zero attached hydrogens (tertiary/aromatic N) is 3. The van der Waals surface area contributed by atoms with Gasteiger partial charge in [0.15, 0.2) is 17.5 Å². The zero-order valence-corrected chi connectivity index (χ0v) is 27.3. The van der Waals surface area contributed by atoms with E-state index in [2.05, 4.69) is 146 Å². The minimum Gasteiger partial charge on any atom is -0.456 e. The zero-order valence-electron chi connectivity index (χ0n) is 27.3. The van der Waals surface area contributed by atoms with Crippen molar-refractivity contribution in [2.75, 3.05) is 0 Å². The van der Waals surface area contributed by atoms with E-state index in [0.29, 0.717) is 17.5 Å². The maximum Gasteiger partial charge on any atom is 0.164 e. The molecule has 0 saturated carbocycles. The summed E-state index contributed by atoms with van der Waals surface area (Å²) < 4.78 is 6.51. The third kappa shape index (κ3) is 4.30. The number of rotatable bonds is 4. The van der Waals surface area contributed by atoms with Gasteiger partial charge in [-0.25, -0.2) is 15.0 Å². The molecule has 0 fully saturated rings. The van der Waals surface area contributed by atoms with Gasteiger partial charge in [0, 0.05) is 27.5 Å². The lowest BCUT2D eigenvalue weighted by Gasteiger charge is -2.12. The van der Waals surface area contributed by atoms with E-state index in [1.807, 2.05) is 18.2 Å². The van der Waals surface area contributed by atoms with Gasteiger partial charge in [-0.3, -0.25) is 0 Å². The number of hydrogen-bond acceptors (Lipinski definition) is 4. The molecule has 1 aliphatic rings. The number of furan rings is 1. The van der Waals surface area contributed by atoms with Crippen molar-refractivity contribution in [2.24, 2.45) is 0 Å². The fraction of sp³-hybridized carbons (Fsp3) is 0. The SMILES string of the molecule is c1ccc(-c2ccc3c(c2)oc2cccc(-c4nc(-c5ccc6ccccc6c5)nc(-c5ccc6c7c(cccc57)-c5ccccc5-6)n4)c23)cc1. The predicted octanol–water partition coefficient (Wildman–Crippen LogP) is 12.4. The van der Waals surface area contributed by atoms with Gasteiger partial charge in [-0.1, -0.05) is 133 Å². The molecular weight excluding hydrogens is 623 g/mol. The number of aromatic nitrogens is 3. The lowest BCUT2D eigenvalue weighted by atomic mass is 9.98. The molecule has 8 aromatic carbocycles. The molecule has 0 amide bonds. The Bertz CT molecular complexity index is 3000. The van der Waals surface area contributed by atoms with E-state index >= 15 is 0 Å². The quantitative estimate of drug-likeness (QED) is 0.190. The molecule has 0 saturated heterocycles. The maximum absolute atomic E-state index is 6.51. The van der Waals surface area contributed by atoms with Gasteiger partial charge in [0.25, 0.3) is 0 Å². The molecule has 2 aromatic heterocycles. The van der Waals surface area contributed by atoms with E-state index in [9.17, 15) is 0 Å². The van der Waals surface area contributed by atoms with Gasteiger partial charge in [0.2, 0.25) is 0 Å². The van der Waals surface area contributed by atoms with Crippen molar-refractivity contribution in [3.05, 3.63) is 164 Å². The highest BCUT2D eigenvalue weighted by Crippen LogP contribution is 2.49. The molecule has 0 N–H and O–H groups in total. The molecule has 10 aromatic rings. The third-order valence-corrected chi connectivity index (χ3v) is 10.3. The third-order valence-electron chi connectivity index (χ3n) is 10.3. The molecule has 4 heteroatoms. The smallest absolute Gasteiger partial charge is 0.164 e. The first-order valence-electron chi connectivity index (χ1n) is 17.2. The Morgan fingerprint density at radius 1 is 0.314 bits per heavy atom. The highest BCUT2D eigenvalue weighted by molar-refractivity contribution is 6.18. The van der Waals surface area contributed by atoms with Crippen LogP contribution in [0, 0.1) is 0 Å². The summed E-state index contributed by atoms with van der Waals surface area (Å²) in [4.78, 5) is 15.7. The molecule has 0 unspecified atom stereocenters. The van der Waals surface area contributed by atoms with E-state index < -0.39 is 0 Å². The Kier molecular flexibility index (Phi) is 5.92. The van der Waals surface area contributed by atoms with Crippen molar-refractivity contribution >= 4 is 43.5 Å². The second-order valence-corrected chi connectivity index (χ2v) is 13.2. The average Bonchev–Trinajstić information content (AvgIpc) is 3.74. The van der Waals surface area contributed by atoms with Crippen molar-refractivity contribution < 1.29 is 4.42 Å². The van der Waals surface area contributed by atoms with Gasteiger partial charge in [-0.15, -0.1) is 0 Å². The summed E-state index contributed by atoms with van der Waals surface area (Å²) in [6, 6.07) is 57.3. The van der Waals surface area contributed by atoms with Gasteiger partial charge >= 0.3 is 0 Å². The average molecular weight is 650 g/mol. The van der Waals surface area contributed by atoms with Crippen LogP contribution in [0.25, 0.3) is 111 Å². The van der Waals surface area contributed by atoms with Crippen LogP contribution in [0.1, 0.15) is 0 Å². The van der Waals surface area contributed by atoms with Gasteiger partial charge < -0.3 is 4.42 Å².